The highest BCUT2D eigenvalue weighted by molar-refractivity contribution is 6.30. The molecule has 0 aliphatic carbocycles. The highest BCUT2D eigenvalue weighted by Crippen LogP contribution is 2.27. The highest BCUT2D eigenvalue weighted by Gasteiger charge is 2.26. The van der Waals surface area contributed by atoms with E-state index < -0.39 is 0 Å². The van der Waals surface area contributed by atoms with Crippen molar-refractivity contribution in [2.75, 3.05) is 39.2 Å². The Balaban J connectivity index is 1.41. The maximum atomic E-state index is 13.4. The normalized spacial score (nSPS) is 14.5. The van der Waals surface area contributed by atoms with Gasteiger partial charge in [-0.05, 0) is 85.6 Å². The molecule has 3 aromatic carbocycles. The molecule has 4 aromatic rings. The van der Waals surface area contributed by atoms with Gasteiger partial charge < -0.3 is 19.1 Å². The van der Waals surface area contributed by atoms with Crippen molar-refractivity contribution in [3.63, 3.8) is 0 Å². The van der Waals surface area contributed by atoms with Gasteiger partial charge in [-0.1, -0.05) is 11.6 Å². The van der Waals surface area contributed by atoms with Crippen LogP contribution in [0.25, 0.3) is 16.9 Å². The predicted octanol–water partition coefficient (Wildman–Crippen LogP) is 5.47. The third-order valence-corrected chi connectivity index (χ3v) is 7.11. The summed E-state index contributed by atoms with van der Waals surface area (Å²) in [6.45, 7) is 0.779. The van der Waals surface area contributed by atoms with Crippen LogP contribution in [0, 0.1) is 0 Å². The van der Waals surface area contributed by atoms with Gasteiger partial charge in [-0.3, -0.25) is 19.5 Å². The Kier molecular flexibility index (Phi) is 8.86. The van der Waals surface area contributed by atoms with Crippen molar-refractivity contribution in [2.45, 2.75) is 18.9 Å². The maximum Gasteiger partial charge on any atom is 0.254 e. The zero-order valence-corrected chi connectivity index (χ0v) is 23.6. The number of carbonyl (C=O) groups excluding carboxylic acids is 2. The molecule has 0 radical (unpaired) electrons. The van der Waals surface area contributed by atoms with Crippen LogP contribution in [-0.2, 0) is 9.53 Å². The first-order valence-electron chi connectivity index (χ1n) is 13.3. The van der Waals surface area contributed by atoms with Gasteiger partial charge in [0.1, 0.15) is 18.0 Å². The fourth-order valence-corrected chi connectivity index (χ4v) is 4.80. The molecule has 1 atom stereocenters. The standard InChI is InChI=1S/C31H31ClN4O5/c1-39-25-13-7-21(8-14-25)28-19-36(24-11-15-26(40-2)16-12-24)31(33-28)34-29(37)20-35(18-27-4-3-17-41-27)30(38)22-5-9-23(32)10-6-22/h5-16,19,27H,3-4,17-18,20H2,1-2H3,(H,33,34,37)/t27-/m1/s1. The number of hydrogen-bond acceptors (Lipinski definition) is 6. The van der Waals surface area contributed by atoms with Crippen molar-refractivity contribution in [3.8, 4) is 28.4 Å². The zero-order chi connectivity index (χ0) is 28.8. The number of benzene rings is 3. The van der Waals surface area contributed by atoms with Crippen molar-refractivity contribution in [1.29, 1.82) is 0 Å². The number of carbonyl (C=O) groups is 2. The van der Waals surface area contributed by atoms with Gasteiger partial charge in [-0.2, -0.15) is 0 Å². The molecule has 10 heteroatoms. The molecule has 0 bridgehead atoms. The second-order valence-corrected chi connectivity index (χ2v) is 10.1. The van der Waals surface area contributed by atoms with Crippen LogP contribution in [0.4, 0.5) is 5.95 Å². The molecule has 9 nitrogen and oxygen atoms in total. The second kappa shape index (κ2) is 12.9. The maximum absolute atomic E-state index is 13.4. The van der Waals surface area contributed by atoms with Gasteiger partial charge in [0.2, 0.25) is 11.9 Å². The van der Waals surface area contributed by atoms with Crippen LogP contribution in [0.1, 0.15) is 23.2 Å². The minimum absolute atomic E-state index is 0.123. The van der Waals surface area contributed by atoms with Crippen molar-refractivity contribution < 1.29 is 23.8 Å². The molecule has 1 saturated heterocycles. The number of hydrogen-bond donors (Lipinski definition) is 1. The third-order valence-electron chi connectivity index (χ3n) is 6.85. The summed E-state index contributed by atoms with van der Waals surface area (Å²) in [5.74, 6) is 1.10. The minimum Gasteiger partial charge on any atom is -0.497 e. The van der Waals surface area contributed by atoms with Gasteiger partial charge in [0.05, 0.1) is 26.0 Å². The summed E-state index contributed by atoms with van der Waals surface area (Å²) < 4.78 is 18.1. The molecule has 0 saturated carbocycles. The Hall–Kier alpha value is -4.34. The summed E-state index contributed by atoms with van der Waals surface area (Å²) in [5.41, 5.74) is 2.74. The van der Waals surface area contributed by atoms with Gasteiger partial charge in [-0.25, -0.2) is 4.98 Å². The van der Waals surface area contributed by atoms with Crippen LogP contribution in [0.15, 0.2) is 79.0 Å². The van der Waals surface area contributed by atoms with Crippen LogP contribution in [0.5, 0.6) is 11.5 Å². The molecule has 212 valence electrons. The molecule has 0 unspecified atom stereocenters. The van der Waals surface area contributed by atoms with Crippen molar-refractivity contribution in [1.82, 2.24) is 14.5 Å². The van der Waals surface area contributed by atoms with E-state index in [1.54, 1.807) is 43.1 Å². The van der Waals surface area contributed by atoms with Gasteiger partial charge in [-0.15, -0.1) is 0 Å². The molecule has 1 aromatic heterocycles. The summed E-state index contributed by atoms with van der Waals surface area (Å²) in [7, 11) is 3.22. The second-order valence-electron chi connectivity index (χ2n) is 9.62. The SMILES string of the molecule is COc1ccc(-c2cn(-c3ccc(OC)cc3)c(NC(=O)CN(C[C@H]3CCCO3)C(=O)c3ccc(Cl)cc3)n2)cc1. The lowest BCUT2D eigenvalue weighted by Crippen LogP contribution is -2.42. The lowest BCUT2D eigenvalue weighted by Gasteiger charge is -2.25. The smallest absolute Gasteiger partial charge is 0.254 e. The van der Waals surface area contributed by atoms with Crippen LogP contribution in [-0.4, -0.2) is 66.3 Å². The summed E-state index contributed by atoms with van der Waals surface area (Å²) in [5, 5.41) is 3.45. The zero-order valence-electron chi connectivity index (χ0n) is 22.9. The van der Waals surface area contributed by atoms with E-state index in [1.165, 1.54) is 4.90 Å². The number of ether oxygens (including phenoxy) is 3. The average molecular weight is 575 g/mol. The molecule has 1 N–H and O–H groups in total. The summed E-state index contributed by atoms with van der Waals surface area (Å²) in [4.78, 5) is 33.1. The molecule has 0 spiro atoms. The third kappa shape index (κ3) is 6.87. The van der Waals surface area contributed by atoms with Crippen molar-refractivity contribution in [3.05, 3.63) is 89.6 Å². The van der Waals surface area contributed by atoms with Crippen molar-refractivity contribution in [2.24, 2.45) is 0 Å². The van der Waals surface area contributed by atoms with Crippen molar-refractivity contribution >= 4 is 29.4 Å². The monoisotopic (exact) mass is 574 g/mol. The fraction of sp³-hybridized carbons (Fsp3) is 0.258. The van der Waals surface area contributed by atoms with E-state index in [0.717, 1.165) is 29.8 Å². The molecular weight excluding hydrogens is 544 g/mol. The van der Waals surface area contributed by atoms with Crippen LogP contribution < -0.4 is 14.8 Å². The van der Waals surface area contributed by atoms with Crippen LogP contribution in [0.2, 0.25) is 5.02 Å². The molecule has 1 fully saturated rings. The van der Waals surface area contributed by atoms with E-state index in [2.05, 4.69) is 5.32 Å². The molecular formula is C31H31ClN4O5. The Labute approximate surface area is 243 Å². The fourth-order valence-electron chi connectivity index (χ4n) is 4.67. The van der Waals surface area contributed by atoms with Gasteiger partial charge in [0.15, 0.2) is 0 Å². The largest absolute Gasteiger partial charge is 0.497 e. The summed E-state index contributed by atoms with van der Waals surface area (Å²) in [6, 6.07) is 21.6. The molecule has 41 heavy (non-hydrogen) atoms. The number of amides is 2. The quantitative estimate of drug-likeness (QED) is 0.270. The number of methoxy groups -OCH3 is 2. The lowest BCUT2D eigenvalue weighted by molar-refractivity contribution is -0.117. The first kappa shape index (κ1) is 28.2. The van der Waals surface area contributed by atoms with Gasteiger partial charge in [0, 0.05) is 41.2 Å². The average Bonchev–Trinajstić information content (AvgIpc) is 3.67. The first-order chi connectivity index (χ1) is 19.9. The number of rotatable bonds is 10. The Morgan fingerprint density at radius 1 is 1.00 bits per heavy atom. The molecule has 1 aliphatic rings. The summed E-state index contributed by atoms with van der Waals surface area (Å²) >= 11 is 6.02. The number of nitrogens with zero attached hydrogens (tertiary/aromatic N) is 3. The highest BCUT2D eigenvalue weighted by atomic mass is 35.5. The van der Waals surface area contributed by atoms with E-state index in [0.29, 0.717) is 41.1 Å². The number of nitrogens with one attached hydrogen (secondary N) is 1. The minimum atomic E-state index is -0.382. The molecule has 2 amide bonds. The van der Waals surface area contributed by atoms with E-state index in [1.807, 2.05) is 54.7 Å². The predicted molar refractivity (Wildman–Crippen MR) is 157 cm³/mol. The molecule has 5 rings (SSSR count). The number of imidazole rings is 1. The number of halogens is 1. The Morgan fingerprint density at radius 2 is 1.66 bits per heavy atom. The Morgan fingerprint density at radius 3 is 2.27 bits per heavy atom. The van der Waals surface area contributed by atoms with Crippen LogP contribution in [0.3, 0.4) is 0 Å². The molecule has 1 aliphatic heterocycles. The van der Waals surface area contributed by atoms with Crippen LogP contribution >= 0.6 is 11.6 Å². The number of aromatic nitrogens is 2. The van der Waals surface area contributed by atoms with Gasteiger partial charge >= 0.3 is 0 Å². The Bertz CT molecular complexity index is 1480. The first-order valence-corrected chi connectivity index (χ1v) is 13.7. The van der Waals surface area contributed by atoms with E-state index >= 15 is 0 Å². The topological polar surface area (TPSA) is 94.9 Å². The van der Waals surface area contributed by atoms with E-state index in [9.17, 15) is 9.59 Å². The summed E-state index contributed by atoms with van der Waals surface area (Å²) in [6.07, 6.45) is 3.48. The lowest BCUT2D eigenvalue weighted by atomic mass is 10.1. The molecule has 2 heterocycles. The van der Waals surface area contributed by atoms with Gasteiger partial charge in [0.25, 0.3) is 5.91 Å². The van der Waals surface area contributed by atoms with E-state index in [-0.39, 0.29) is 24.5 Å². The van der Waals surface area contributed by atoms with E-state index in [4.69, 9.17) is 30.8 Å². The number of anilines is 1.